The van der Waals surface area contributed by atoms with Crippen molar-refractivity contribution in [3.8, 4) is 28.7 Å². The Labute approximate surface area is 228 Å². The van der Waals surface area contributed by atoms with E-state index in [1.165, 1.54) is 0 Å². The highest BCUT2D eigenvalue weighted by Crippen LogP contribution is 2.33. The predicted octanol–water partition coefficient (Wildman–Crippen LogP) is 4.94. The van der Waals surface area contributed by atoms with Crippen LogP contribution in [0.2, 0.25) is 0 Å². The number of hydrogen-bond acceptors (Lipinski definition) is 7. The van der Waals surface area contributed by atoms with Crippen LogP contribution in [-0.4, -0.2) is 47.3 Å². The Balaban J connectivity index is 1.55. The van der Waals surface area contributed by atoms with Crippen LogP contribution in [0.15, 0.2) is 77.2 Å². The molecule has 8 nitrogen and oxygen atoms in total. The summed E-state index contributed by atoms with van der Waals surface area (Å²) in [7, 11) is 1.65. The van der Waals surface area contributed by atoms with Gasteiger partial charge >= 0.3 is 0 Å². The van der Waals surface area contributed by atoms with Crippen LogP contribution in [0.25, 0.3) is 22.6 Å². The molecule has 2 heterocycles. The maximum Gasteiger partial charge on any atom is 0.254 e. The first kappa shape index (κ1) is 26.3. The van der Waals surface area contributed by atoms with E-state index in [-0.39, 0.29) is 17.8 Å². The number of hydrogen-bond donors (Lipinski definition) is 1. The van der Waals surface area contributed by atoms with Crippen LogP contribution in [0, 0.1) is 11.3 Å². The summed E-state index contributed by atoms with van der Waals surface area (Å²) < 4.78 is 11.5. The van der Waals surface area contributed by atoms with Crippen LogP contribution in [0.3, 0.4) is 0 Å². The van der Waals surface area contributed by atoms with Crippen molar-refractivity contribution in [1.82, 2.24) is 15.1 Å². The Morgan fingerprint density at radius 3 is 2.64 bits per heavy atom. The normalized spacial score (nSPS) is 16.6. The molecule has 1 fully saturated rings. The van der Waals surface area contributed by atoms with E-state index < -0.39 is 5.54 Å². The Morgan fingerprint density at radius 2 is 1.87 bits per heavy atom. The molecule has 1 amide bonds. The van der Waals surface area contributed by atoms with Crippen molar-refractivity contribution in [2.75, 3.05) is 20.3 Å². The molecule has 39 heavy (non-hydrogen) atoms. The fourth-order valence-corrected chi connectivity index (χ4v) is 5.16. The first-order valence-electron chi connectivity index (χ1n) is 13.0. The molecule has 2 N–H and O–H groups in total. The molecule has 1 aliphatic heterocycles. The second kappa shape index (κ2) is 11.2. The molecule has 0 spiro atoms. The van der Waals surface area contributed by atoms with E-state index >= 15 is 0 Å². The van der Waals surface area contributed by atoms with Gasteiger partial charge in [0.05, 0.1) is 29.8 Å². The fraction of sp³-hybridized carbons (Fsp3) is 0.290. The van der Waals surface area contributed by atoms with Gasteiger partial charge in [-0.1, -0.05) is 48.5 Å². The van der Waals surface area contributed by atoms with Gasteiger partial charge in [0.2, 0.25) is 11.8 Å². The van der Waals surface area contributed by atoms with Crippen molar-refractivity contribution in [1.29, 1.82) is 5.26 Å². The van der Waals surface area contributed by atoms with Gasteiger partial charge in [-0.3, -0.25) is 4.79 Å². The highest BCUT2D eigenvalue weighted by molar-refractivity contribution is 5.97. The van der Waals surface area contributed by atoms with Gasteiger partial charge in [-0.25, -0.2) is 0 Å². The number of rotatable bonds is 8. The van der Waals surface area contributed by atoms with E-state index in [1.54, 1.807) is 19.2 Å². The second-order valence-electron chi connectivity index (χ2n) is 10.2. The van der Waals surface area contributed by atoms with Gasteiger partial charge in [-0.05, 0) is 67.1 Å². The number of benzene rings is 3. The summed E-state index contributed by atoms with van der Waals surface area (Å²) in [6.07, 6.45) is 2.34. The first-order valence-corrected chi connectivity index (χ1v) is 13.0. The second-order valence-corrected chi connectivity index (χ2v) is 10.2. The summed E-state index contributed by atoms with van der Waals surface area (Å²) in [5.41, 5.74) is 9.80. The number of methoxy groups -OCH3 is 1. The number of ether oxygens (including phenoxy) is 1. The highest BCUT2D eigenvalue weighted by Gasteiger charge is 2.31. The summed E-state index contributed by atoms with van der Waals surface area (Å²) in [6, 6.07) is 24.9. The van der Waals surface area contributed by atoms with Gasteiger partial charge < -0.3 is 19.8 Å². The van der Waals surface area contributed by atoms with E-state index in [1.807, 2.05) is 72.5 Å². The molecule has 8 heteroatoms. The van der Waals surface area contributed by atoms with Crippen molar-refractivity contribution in [3.63, 3.8) is 0 Å². The lowest BCUT2D eigenvalue weighted by atomic mass is 9.94. The maximum atomic E-state index is 13.7. The number of nitrogens with zero attached hydrogens (tertiary/aromatic N) is 4. The molecule has 5 rings (SSSR count). The zero-order chi connectivity index (χ0) is 27.4. The Bertz CT molecular complexity index is 1510. The van der Waals surface area contributed by atoms with Crippen LogP contribution < -0.4 is 5.73 Å². The Hall–Kier alpha value is -4.32. The summed E-state index contributed by atoms with van der Waals surface area (Å²) in [5.74, 6) is 0.464. The Kier molecular flexibility index (Phi) is 7.55. The fourth-order valence-electron chi connectivity index (χ4n) is 5.16. The third-order valence-electron chi connectivity index (χ3n) is 7.11. The van der Waals surface area contributed by atoms with E-state index in [0.717, 1.165) is 29.5 Å². The van der Waals surface area contributed by atoms with E-state index in [0.29, 0.717) is 42.2 Å². The molecule has 3 aromatic carbocycles. The van der Waals surface area contributed by atoms with Crippen molar-refractivity contribution >= 4 is 5.91 Å². The van der Waals surface area contributed by atoms with Gasteiger partial charge in [-0.15, -0.1) is 10.2 Å². The first-order chi connectivity index (χ1) is 18.9. The summed E-state index contributed by atoms with van der Waals surface area (Å²) in [6.45, 7) is 3.01. The van der Waals surface area contributed by atoms with E-state index in [4.69, 9.17) is 14.9 Å². The molecule has 1 aliphatic rings. The van der Waals surface area contributed by atoms with Crippen LogP contribution in [-0.2, 0) is 16.7 Å². The summed E-state index contributed by atoms with van der Waals surface area (Å²) in [5, 5.41) is 18.3. The predicted molar refractivity (Wildman–Crippen MR) is 148 cm³/mol. The molecule has 4 aromatic rings. The molecule has 2 atom stereocenters. The standard InChI is InChI=1S/C31H31N5O3/c1-31(33,18-21-9-4-3-5-10-21)30-35-34-28(39-30)24-15-23(27-13-7-6-11-22(27)19-32)16-25(17-24)29(37)36-14-8-12-26(36)20-38-2/h3-7,9-11,13,15-17,26H,8,12,14,18,20,33H2,1-2H3/t26-,31+/m1/s1. The van der Waals surface area contributed by atoms with Crippen molar-refractivity contribution < 1.29 is 13.9 Å². The van der Waals surface area contributed by atoms with E-state index in [9.17, 15) is 10.1 Å². The van der Waals surface area contributed by atoms with Crippen molar-refractivity contribution in [2.24, 2.45) is 5.73 Å². The smallest absolute Gasteiger partial charge is 0.254 e. The SMILES string of the molecule is COC[C@H]1CCCN1C(=O)c1cc(-c2nnc([C@@](C)(N)Cc3ccccc3)o2)cc(-c2ccccc2C#N)c1. The third kappa shape index (κ3) is 5.60. The molecule has 198 valence electrons. The molecule has 0 bridgehead atoms. The van der Waals surface area contributed by atoms with Gasteiger partial charge in [0.1, 0.15) is 0 Å². The molecular weight excluding hydrogens is 490 g/mol. The number of nitrogens with two attached hydrogens (primary N) is 1. The minimum atomic E-state index is -0.890. The van der Waals surface area contributed by atoms with Crippen LogP contribution >= 0.6 is 0 Å². The van der Waals surface area contributed by atoms with E-state index in [2.05, 4.69) is 16.3 Å². The van der Waals surface area contributed by atoms with Crippen LogP contribution in [0.4, 0.5) is 0 Å². The lowest BCUT2D eigenvalue weighted by Gasteiger charge is -2.24. The number of aromatic nitrogens is 2. The number of carbonyl (C=O) groups excluding carboxylic acids is 1. The number of nitriles is 1. The van der Waals surface area contributed by atoms with Gasteiger partial charge in [0, 0.05) is 24.8 Å². The monoisotopic (exact) mass is 521 g/mol. The van der Waals surface area contributed by atoms with Crippen molar-refractivity contribution in [3.05, 3.63) is 95.4 Å². The molecule has 0 unspecified atom stereocenters. The zero-order valence-electron chi connectivity index (χ0n) is 22.1. The third-order valence-corrected chi connectivity index (χ3v) is 7.11. The highest BCUT2D eigenvalue weighted by atomic mass is 16.5. The lowest BCUT2D eigenvalue weighted by molar-refractivity contribution is 0.0630. The van der Waals surface area contributed by atoms with Crippen LogP contribution in [0.1, 0.15) is 47.1 Å². The Morgan fingerprint density at radius 1 is 1.13 bits per heavy atom. The number of amides is 1. The molecule has 0 radical (unpaired) electrons. The number of carbonyl (C=O) groups is 1. The average Bonchev–Trinajstić information content (AvgIpc) is 3.64. The quantitative estimate of drug-likeness (QED) is 0.349. The molecule has 0 saturated carbocycles. The molecular formula is C31H31N5O3. The largest absolute Gasteiger partial charge is 0.419 e. The minimum absolute atomic E-state index is 0.0203. The zero-order valence-corrected chi connectivity index (χ0v) is 22.1. The minimum Gasteiger partial charge on any atom is -0.419 e. The van der Waals surface area contributed by atoms with Crippen molar-refractivity contribution in [2.45, 2.75) is 37.8 Å². The maximum absolute atomic E-state index is 13.7. The summed E-state index contributed by atoms with van der Waals surface area (Å²) in [4.78, 5) is 15.6. The average molecular weight is 522 g/mol. The number of likely N-dealkylation sites (tertiary alicyclic amines) is 1. The molecule has 1 aromatic heterocycles. The molecule has 0 aliphatic carbocycles. The summed E-state index contributed by atoms with van der Waals surface area (Å²) >= 11 is 0. The lowest BCUT2D eigenvalue weighted by Crippen LogP contribution is -2.38. The van der Waals surface area contributed by atoms with Gasteiger partial charge in [0.25, 0.3) is 5.91 Å². The van der Waals surface area contributed by atoms with Gasteiger partial charge in [0.15, 0.2) is 0 Å². The molecule has 1 saturated heterocycles. The topological polar surface area (TPSA) is 118 Å². The van der Waals surface area contributed by atoms with Crippen LogP contribution in [0.5, 0.6) is 0 Å². The van der Waals surface area contributed by atoms with Gasteiger partial charge in [-0.2, -0.15) is 5.26 Å².